The molecule has 8 nitrogen and oxygen atoms in total. The van der Waals surface area contributed by atoms with E-state index >= 15 is 0 Å². The molecule has 1 heterocycles. The number of carbonyl (C=O) groups is 2. The number of benzene rings is 1. The first-order valence-electron chi connectivity index (χ1n) is 7.90. The molecule has 140 valence electrons. The average Bonchev–Trinajstić information content (AvgIpc) is 3.33. The predicted octanol–water partition coefficient (Wildman–Crippen LogP) is 3.50. The number of pyridine rings is 1. The van der Waals surface area contributed by atoms with Crippen LogP contribution in [0, 0.1) is 0 Å². The Morgan fingerprint density at radius 1 is 1.27 bits per heavy atom. The topological polar surface area (TPSA) is 129 Å². The van der Waals surface area contributed by atoms with E-state index in [4.69, 9.17) is 31.3 Å². The van der Waals surface area contributed by atoms with Crippen molar-refractivity contribution >= 4 is 34.4 Å². The second-order valence-corrected chi connectivity index (χ2v) is 6.36. The number of fused-ring (bicyclic) bond motifs is 1. The molecule has 3 rings (SSSR count). The standard InChI is InChI=1S/C16H17ClN2O3.CH2O3/c1-8(2)22-10-5-6-11-12(7-10)14(20)13(19-15(11)17)16(21)18-9-3-4-9;2-1(3)4/h5-9,20H,3-4H2,1-2H3,(H,18,21);(H2,2,3,4). The van der Waals surface area contributed by atoms with Gasteiger partial charge in [-0.15, -0.1) is 0 Å². The van der Waals surface area contributed by atoms with Crippen LogP contribution < -0.4 is 10.1 Å². The van der Waals surface area contributed by atoms with Gasteiger partial charge in [0.05, 0.1) is 6.10 Å². The molecule has 1 aliphatic carbocycles. The second-order valence-electron chi connectivity index (χ2n) is 6.00. The fourth-order valence-electron chi connectivity index (χ4n) is 2.22. The Bertz CT molecular complexity index is 832. The molecule has 1 fully saturated rings. The Kier molecular flexibility index (Phi) is 6.10. The van der Waals surface area contributed by atoms with Gasteiger partial charge in [0.1, 0.15) is 10.9 Å². The highest BCUT2D eigenvalue weighted by molar-refractivity contribution is 6.35. The maximum atomic E-state index is 12.2. The molecule has 0 radical (unpaired) electrons. The van der Waals surface area contributed by atoms with Gasteiger partial charge in [0, 0.05) is 16.8 Å². The van der Waals surface area contributed by atoms with Crippen molar-refractivity contribution in [2.24, 2.45) is 0 Å². The highest BCUT2D eigenvalue weighted by atomic mass is 35.5. The molecule has 0 aliphatic heterocycles. The summed E-state index contributed by atoms with van der Waals surface area (Å²) in [5, 5.41) is 28.4. The Hall–Kier alpha value is -2.74. The van der Waals surface area contributed by atoms with Crippen LogP contribution in [0.5, 0.6) is 11.5 Å². The summed E-state index contributed by atoms with van der Waals surface area (Å²) in [6.45, 7) is 3.83. The van der Waals surface area contributed by atoms with Crippen molar-refractivity contribution in [1.82, 2.24) is 10.3 Å². The highest BCUT2D eigenvalue weighted by Crippen LogP contribution is 2.35. The Morgan fingerprint density at radius 3 is 2.42 bits per heavy atom. The summed E-state index contributed by atoms with van der Waals surface area (Å²) in [6, 6.07) is 5.34. The number of carboxylic acid groups (broad SMARTS) is 2. The van der Waals surface area contributed by atoms with E-state index in [2.05, 4.69) is 10.3 Å². The van der Waals surface area contributed by atoms with E-state index < -0.39 is 12.1 Å². The molecule has 0 atom stereocenters. The minimum absolute atomic E-state index is 0.00883. The zero-order chi connectivity index (χ0) is 19.4. The molecule has 4 N–H and O–H groups in total. The molecule has 0 unspecified atom stereocenters. The summed E-state index contributed by atoms with van der Waals surface area (Å²) < 4.78 is 5.62. The summed E-state index contributed by atoms with van der Waals surface area (Å²) in [4.78, 5) is 24.7. The summed E-state index contributed by atoms with van der Waals surface area (Å²) >= 11 is 6.15. The Labute approximate surface area is 154 Å². The fourth-order valence-corrected chi connectivity index (χ4v) is 2.47. The minimum atomic E-state index is -1.83. The van der Waals surface area contributed by atoms with Crippen LogP contribution in [-0.4, -0.2) is 44.5 Å². The van der Waals surface area contributed by atoms with Crippen molar-refractivity contribution in [3.63, 3.8) is 0 Å². The molecule has 0 saturated heterocycles. The number of nitrogens with zero attached hydrogens (tertiary/aromatic N) is 1. The van der Waals surface area contributed by atoms with Crippen LogP contribution in [0.1, 0.15) is 37.2 Å². The van der Waals surface area contributed by atoms with Crippen molar-refractivity contribution in [3.05, 3.63) is 29.0 Å². The lowest BCUT2D eigenvalue weighted by Gasteiger charge is -2.13. The van der Waals surface area contributed by atoms with Crippen LogP contribution in [0.25, 0.3) is 10.8 Å². The average molecular weight is 383 g/mol. The summed E-state index contributed by atoms with van der Waals surface area (Å²) in [5.41, 5.74) is -0.0499. The van der Waals surface area contributed by atoms with Gasteiger partial charge >= 0.3 is 6.16 Å². The second kappa shape index (κ2) is 8.09. The predicted molar refractivity (Wildman–Crippen MR) is 95.3 cm³/mol. The third-order valence-electron chi connectivity index (χ3n) is 3.40. The number of nitrogens with one attached hydrogen (secondary N) is 1. The first-order chi connectivity index (χ1) is 12.2. The van der Waals surface area contributed by atoms with Crippen LogP contribution in [0.4, 0.5) is 4.79 Å². The normalized spacial score (nSPS) is 13.1. The van der Waals surface area contributed by atoms with E-state index in [1.54, 1.807) is 18.2 Å². The zero-order valence-electron chi connectivity index (χ0n) is 14.2. The molecule has 1 aromatic carbocycles. The molecule has 0 spiro atoms. The smallest absolute Gasteiger partial charge is 0.503 e. The van der Waals surface area contributed by atoms with Crippen LogP contribution >= 0.6 is 11.6 Å². The summed E-state index contributed by atoms with van der Waals surface area (Å²) in [7, 11) is 0. The first-order valence-corrected chi connectivity index (χ1v) is 8.28. The van der Waals surface area contributed by atoms with E-state index in [-0.39, 0.29) is 28.7 Å². The third-order valence-corrected chi connectivity index (χ3v) is 3.69. The number of hydrogen-bond acceptors (Lipinski definition) is 5. The summed E-state index contributed by atoms with van der Waals surface area (Å²) in [5.74, 6) is 0.0272. The van der Waals surface area contributed by atoms with Gasteiger partial charge in [-0.05, 0) is 44.9 Å². The molecule has 26 heavy (non-hydrogen) atoms. The van der Waals surface area contributed by atoms with E-state index in [9.17, 15) is 9.90 Å². The minimum Gasteiger partial charge on any atom is -0.505 e. The maximum Gasteiger partial charge on any atom is 0.503 e. The van der Waals surface area contributed by atoms with Gasteiger partial charge in [0.15, 0.2) is 11.4 Å². The van der Waals surface area contributed by atoms with E-state index in [0.29, 0.717) is 16.5 Å². The van der Waals surface area contributed by atoms with Gasteiger partial charge < -0.3 is 25.4 Å². The van der Waals surface area contributed by atoms with Crippen molar-refractivity contribution < 1.29 is 29.6 Å². The maximum absolute atomic E-state index is 12.2. The third kappa shape index (κ3) is 5.13. The summed E-state index contributed by atoms with van der Waals surface area (Å²) in [6.07, 6.45) is 0.0925. The lowest BCUT2D eigenvalue weighted by Crippen LogP contribution is -2.26. The quantitative estimate of drug-likeness (QED) is 0.595. The first kappa shape index (κ1) is 19.6. The number of carbonyl (C=O) groups excluding carboxylic acids is 1. The van der Waals surface area contributed by atoms with Gasteiger partial charge in [0.2, 0.25) is 0 Å². The largest absolute Gasteiger partial charge is 0.505 e. The van der Waals surface area contributed by atoms with Gasteiger partial charge in [-0.1, -0.05) is 11.6 Å². The van der Waals surface area contributed by atoms with Crippen LogP contribution in [0.15, 0.2) is 18.2 Å². The zero-order valence-corrected chi connectivity index (χ0v) is 14.9. The van der Waals surface area contributed by atoms with Crippen molar-refractivity contribution in [1.29, 1.82) is 0 Å². The molecule has 1 aromatic heterocycles. The number of amides is 1. The number of hydrogen-bond donors (Lipinski definition) is 4. The van der Waals surface area contributed by atoms with Crippen molar-refractivity contribution in [2.45, 2.75) is 38.8 Å². The molecule has 0 bridgehead atoms. The number of rotatable bonds is 4. The van der Waals surface area contributed by atoms with Crippen LogP contribution in [0.2, 0.25) is 5.15 Å². The molecular weight excluding hydrogens is 364 g/mol. The van der Waals surface area contributed by atoms with Crippen LogP contribution in [-0.2, 0) is 0 Å². The molecule has 1 amide bonds. The molecule has 1 aliphatic rings. The molecule has 2 aromatic rings. The lowest BCUT2D eigenvalue weighted by atomic mass is 10.1. The van der Waals surface area contributed by atoms with Gasteiger partial charge in [-0.25, -0.2) is 9.78 Å². The number of aromatic nitrogens is 1. The van der Waals surface area contributed by atoms with Gasteiger partial charge in [0.25, 0.3) is 5.91 Å². The number of halogens is 1. The fraction of sp³-hybridized carbons (Fsp3) is 0.353. The SMILES string of the molecule is CC(C)Oc1ccc2c(Cl)nc(C(=O)NC3CC3)c(O)c2c1.O=C(O)O. The van der Waals surface area contributed by atoms with E-state index in [0.717, 1.165) is 12.8 Å². The lowest BCUT2D eigenvalue weighted by molar-refractivity contribution is 0.0943. The molecule has 1 saturated carbocycles. The molecule has 9 heteroatoms. The van der Waals surface area contributed by atoms with Crippen LogP contribution in [0.3, 0.4) is 0 Å². The number of ether oxygens (including phenoxy) is 1. The van der Waals surface area contributed by atoms with Crippen molar-refractivity contribution in [2.75, 3.05) is 0 Å². The highest BCUT2D eigenvalue weighted by Gasteiger charge is 2.27. The Morgan fingerprint density at radius 2 is 1.88 bits per heavy atom. The number of aromatic hydroxyl groups is 1. The van der Waals surface area contributed by atoms with Gasteiger partial charge in [-0.2, -0.15) is 0 Å². The monoisotopic (exact) mass is 382 g/mol. The molecular formula is C17H19ClN2O6. The van der Waals surface area contributed by atoms with Crippen molar-refractivity contribution in [3.8, 4) is 11.5 Å². The Balaban J connectivity index is 0.000000552. The van der Waals surface area contributed by atoms with E-state index in [1.165, 1.54) is 0 Å². The van der Waals surface area contributed by atoms with Gasteiger partial charge in [-0.3, -0.25) is 4.79 Å². The van der Waals surface area contributed by atoms with E-state index in [1.807, 2.05) is 13.8 Å².